The number of rotatable bonds is 5. The van der Waals surface area contributed by atoms with Crippen LogP contribution in [0.3, 0.4) is 0 Å². The fraction of sp³-hybridized carbons (Fsp3) is 0.0345. The van der Waals surface area contributed by atoms with Crippen molar-refractivity contribution in [2.45, 2.75) is 6.18 Å². The third kappa shape index (κ3) is 4.79. The molecule has 0 saturated carbocycles. The fourth-order valence-electron chi connectivity index (χ4n) is 4.41. The van der Waals surface area contributed by atoms with Crippen molar-refractivity contribution in [3.63, 3.8) is 0 Å². The van der Waals surface area contributed by atoms with Crippen molar-refractivity contribution in [1.82, 2.24) is 10.3 Å². The molecule has 0 atom stereocenters. The van der Waals surface area contributed by atoms with Crippen LogP contribution >= 0.6 is 22.9 Å². The number of thiophene rings is 1. The molecule has 3 aromatic heterocycles. The van der Waals surface area contributed by atoms with Crippen molar-refractivity contribution in [2.75, 3.05) is 5.73 Å². The minimum absolute atomic E-state index is 0.0129. The number of nitrogen functional groups attached to an aromatic ring is 1. The van der Waals surface area contributed by atoms with Gasteiger partial charge in [0.1, 0.15) is 9.71 Å². The number of fused-ring (bicyclic) bond motifs is 1. The van der Waals surface area contributed by atoms with Gasteiger partial charge in [-0.2, -0.15) is 13.2 Å². The SMILES string of the molecule is Nc1c(C(=O)c2c([O-])on[n+]2-c2ccccc2)sc2nc(-c3ccc(Cl)cc3)cc(-c3ccc(C(F)(F)F)cc3)c12. The normalized spacial score (nSPS) is 11.7. The van der Waals surface area contributed by atoms with Gasteiger partial charge in [-0.1, -0.05) is 54.1 Å². The highest BCUT2D eigenvalue weighted by Crippen LogP contribution is 2.43. The summed E-state index contributed by atoms with van der Waals surface area (Å²) in [6, 6.07) is 21.7. The molecule has 3 aromatic carbocycles. The highest BCUT2D eigenvalue weighted by Gasteiger charge is 2.33. The highest BCUT2D eigenvalue weighted by molar-refractivity contribution is 7.21. The van der Waals surface area contributed by atoms with Crippen molar-refractivity contribution in [1.29, 1.82) is 0 Å². The summed E-state index contributed by atoms with van der Waals surface area (Å²) in [6.45, 7) is 0. The molecule has 7 nitrogen and oxygen atoms in total. The van der Waals surface area contributed by atoms with Gasteiger partial charge >= 0.3 is 11.9 Å². The molecule has 0 aliphatic carbocycles. The lowest BCUT2D eigenvalue weighted by Crippen LogP contribution is -2.39. The number of para-hydroxylation sites is 1. The lowest BCUT2D eigenvalue weighted by Gasteiger charge is -2.11. The van der Waals surface area contributed by atoms with E-state index in [2.05, 4.69) is 5.27 Å². The Morgan fingerprint density at radius 2 is 1.63 bits per heavy atom. The summed E-state index contributed by atoms with van der Waals surface area (Å²) in [6.07, 6.45) is -4.51. The van der Waals surface area contributed by atoms with E-state index in [1.165, 1.54) is 12.1 Å². The first-order chi connectivity index (χ1) is 19.6. The van der Waals surface area contributed by atoms with Crippen molar-refractivity contribution >= 4 is 44.6 Å². The molecule has 6 rings (SSSR count). The Hall–Kier alpha value is -4.74. The lowest BCUT2D eigenvalue weighted by molar-refractivity contribution is -0.672. The van der Waals surface area contributed by atoms with E-state index in [-0.39, 0.29) is 16.3 Å². The first-order valence-corrected chi connectivity index (χ1v) is 13.2. The van der Waals surface area contributed by atoms with Crippen LogP contribution in [-0.4, -0.2) is 16.0 Å². The summed E-state index contributed by atoms with van der Waals surface area (Å²) >= 11 is 7.00. The number of carbonyl (C=O) groups is 1. The Balaban J connectivity index is 1.55. The second-order valence-electron chi connectivity index (χ2n) is 8.95. The number of halogens is 4. The molecule has 0 radical (unpaired) electrons. The maximum absolute atomic E-state index is 13.8. The van der Waals surface area contributed by atoms with Crippen LogP contribution in [0, 0.1) is 0 Å². The molecule has 0 unspecified atom stereocenters. The van der Waals surface area contributed by atoms with Gasteiger partial charge in [0, 0.05) is 28.1 Å². The predicted molar refractivity (Wildman–Crippen MR) is 146 cm³/mol. The minimum Gasteiger partial charge on any atom is -0.539 e. The third-order valence-corrected chi connectivity index (χ3v) is 7.74. The minimum atomic E-state index is -4.51. The first kappa shape index (κ1) is 26.5. The standard InChI is InChI=1S/C29H16ClF3N4O3S/c30-18-12-8-16(9-13-18)21-14-20(15-6-10-17(11-7-15)29(31,32)33)22-23(34)26(41-27(22)35-21)25(38)24-28(39)40-36-37(24)19-4-2-1-3-5-19/h1-14H,(H2-,34,36,38,39). The smallest absolute Gasteiger partial charge is 0.416 e. The quantitative estimate of drug-likeness (QED) is 0.182. The van der Waals surface area contributed by atoms with Crippen LogP contribution in [0.25, 0.3) is 38.3 Å². The van der Waals surface area contributed by atoms with Gasteiger partial charge in [0.15, 0.2) is 5.95 Å². The molecule has 0 aliphatic heterocycles. The van der Waals surface area contributed by atoms with Crippen molar-refractivity contribution < 1.29 is 32.3 Å². The molecule has 0 fully saturated rings. The maximum atomic E-state index is 13.8. The topological polar surface area (TPSA) is 109 Å². The van der Waals surface area contributed by atoms with Gasteiger partial charge in [-0.15, -0.1) is 11.3 Å². The Labute approximate surface area is 238 Å². The summed E-state index contributed by atoms with van der Waals surface area (Å²) in [5, 5.41) is 17.2. The first-order valence-electron chi connectivity index (χ1n) is 12.0. The zero-order valence-corrected chi connectivity index (χ0v) is 22.2. The molecule has 6 aromatic rings. The number of pyridine rings is 1. The van der Waals surface area contributed by atoms with Gasteiger partial charge in [0.2, 0.25) is 5.69 Å². The van der Waals surface area contributed by atoms with Gasteiger partial charge in [-0.05, 0) is 46.1 Å². The summed E-state index contributed by atoms with van der Waals surface area (Å²) in [5.74, 6) is -1.68. The Bertz CT molecular complexity index is 1920. The zero-order chi connectivity index (χ0) is 28.9. The number of alkyl halides is 3. The van der Waals surface area contributed by atoms with Crippen LogP contribution in [-0.2, 0) is 6.18 Å². The summed E-state index contributed by atoms with van der Waals surface area (Å²) in [7, 11) is 0. The summed E-state index contributed by atoms with van der Waals surface area (Å²) < 4.78 is 45.7. The van der Waals surface area contributed by atoms with Crippen molar-refractivity contribution in [3.8, 4) is 34.0 Å². The Kier molecular flexibility index (Phi) is 6.47. The van der Waals surface area contributed by atoms with Crippen LogP contribution in [0.1, 0.15) is 20.9 Å². The number of benzene rings is 3. The zero-order valence-electron chi connectivity index (χ0n) is 20.6. The van der Waals surface area contributed by atoms with Gasteiger partial charge in [-0.25, -0.2) is 4.98 Å². The maximum Gasteiger partial charge on any atom is 0.416 e. The number of hydrogen-bond acceptors (Lipinski definition) is 7. The molecule has 0 aliphatic rings. The van der Waals surface area contributed by atoms with E-state index in [4.69, 9.17) is 26.8 Å². The third-order valence-electron chi connectivity index (χ3n) is 6.39. The van der Waals surface area contributed by atoms with Crippen LogP contribution < -0.4 is 15.5 Å². The number of anilines is 1. The molecule has 0 bridgehead atoms. The second kappa shape index (κ2) is 10.0. The molecule has 204 valence electrons. The van der Waals surface area contributed by atoms with E-state index >= 15 is 0 Å². The number of carbonyl (C=O) groups excluding carboxylic acids is 1. The number of ketones is 1. The number of aromatic nitrogens is 3. The molecular formula is C29H16ClF3N4O3S. The van der Waals surface area contributed by atoms with Gasteiger partial charge in [0.25, 0.3) is 5.78 Å². The lowest BCUT2D eigenvalue weighted by atomic mass is 9.98. The number of nitrogens with zero attached hydrogens (tertiary/aromatic N) is 3. The van der Waals surface area contributed by atoms with Crippen LogP contribution in [0.2, 0.25) is 5.02 Å². The molecule has 0 saturated heterocycles. The van der Waals surface area contributed by atoms with Gasteiger partial charge in [0.05, 0.1) is 22.2 Å². The summed E-state index contributed by atoms with van der Waals surface area (Å²) in [4.78, 5) is 18.8. The molecule has 0 spiro atoms. The van der Waals surface area contributed by atoms with E-state index in [1.54, 1.807) is 60.7 Å². The Morgan fingerprint density at radius 3 is 2.29 bits per heavy atom. The van der Waals surface area contributed by atoms with E-state index in [0.717, 1.165) is 28.2 Å². The van der Waals surface area contributed by atoms with E-state index in [9.17, 15) is 23.1 Å². The number of nitrogens with two attached hydrogens (primary N) is 1. The predicted octanol–water partition coefficient (Wildman–Crippen LogP) is 6.45. The average Bonchev–Trinajstić information content (AvgIpc) is 3.52. The molecule has 0 amide bonds. The largest absolute Gasteiger partial charge is 0.539 e. The second-order valence-corrected chi connectivity index (χ2v) is 10.4. The highest BCUT2D eigenvalue weighted by atomic mass is 35.5. The van der Waals surface area contributed by atoms with Crippen LogP contribution in [0.15, 0.2) is 89.5 Å². The van der Waals surface area contributed by atoms with E-state index in [1.807, 2.05) is 0 Å². The van der Waals surface area contributed by atoms with E-state index in [0.29, 0.717) is 43.3 Å². The molecule has 2 N–H and O–H groups in total. The van der Waals surface area contributed by atoms with Crippen molar-refractivity contribution in [3.05, 3.63) is 106 Å². The molecular weight excluding hydrogens is 577 g/mol. The summed E-state index contributed by atoms with van der Waals surface area (Å²) in [5.41, 5.74) is 7.87. The molecule has 41 heavy (non-hydrogen) atoms. The average molecular weight is 593 g/mol. The fourth-order valence-corrected chi connectivity index (χ4v) is 5.60. The monoisotopic (exact) mass is 592 g/mol. The van der Waals surface area contributed by atoms with Gasteiger partial charge < -0.3 is 15.4 Å². The van der Waals surface area contributed by atoms with Crippen LogP contribution in [0.5, 0.6) is 5.95 Å². The van der Waals surface area contributed by atoms with Gasteiger partial charge in [-0.3, -0.25) is 4.79 Å². The van der Waals surface area contributed by atoms with E-state index < -0.39 is 23.5 Å². The van der Waals surface area contributed by atoms with Crippen LogP contribution in [0.4, 0.5) is 18.9 Å². The Morgan fingerprint density at radius 1 is 0.976 bits per heavy atom. The molecule has 3 heterocycles. The van der Waals surface area contributed by atoms with Crippen molar-refractivity contribution in [2.24, 2.45) is 0 Å². The number of hydrogen-bond donors (Lipinski definition) is 1. The molecule has 12 heteroatoms.